The molecule has 1 aromatic heterocycles. The van der Waals surface area contributed by atoms with Crippen molar-refractivity contribution >= 4 is 33.5 Å². The average molecular weight is 266 g/mol. The highest BCUT2D eigenvalue weighted by Gasteiger charge is 2.08. The lowest BCUT2D eigenvalue weighted by molar-refractivity contribution is -0.136. The molecule has 1 heterocycles. The van der Waals surface area contributed by atoms with Crippen molar-refractivity contribution in [3.05, 3.63) is 48.5 Å². The Bertz CT molecular complexity index is 730. The number of aromatic nitrogens is 1. The summed E-state index contributed by atoms with van der Waals surface area (Å²) in [5.74, 6) is -0.805. The molecule has 0 aliphatic rings. The van der Waals surface area contributed by atoms with Crippen molar-refractivity contribution in [1.82, 2.24) is 4.98 Å². The largest absolute Gasteiger partial charge is 0.481 e. The van der Waals surface area contributed by atoms with Gasteiger partial charge < -0.3 is 10.4 Å². The van der Waals surface area contributed by atoms with E-state index in [9.17, 15) is 4.79 Å². The van der Waals surface area contributed by atoms with Gasteiger partial charge in [-0.1, -0.05) is 36.4 Å². The molecule has 0 radical (unpaired) electrons. The first kappa shape index (κ1) is 12.4. The number of carboxylic acids is 1. The van der Waals surface area contributed by atoms with Crippen LogP contribution in [-0.4, -0.2) is 22.6 Å². The van der Waals surface area contributed by atoms with Gasteiger partial charge in [-0.25, -0.2) is 4.98 Å². The summed E-state index contributed by atoms with van der Waals surface area (Å²) in [6.07, 6.45) is 0.0883. The summed E-state index contributed by atoms with van der Waals surface area (Å²) >= 11 is 0. The number of hydrogen-bond donors (Lipinski definition) is 2. The maximum absolute atomic E-state index is 10.7. The molecule has 0 saturated carbocycles. The third kappa shape index (κ3) is 2.28. The Morgan fingerprint density at radius 3 is 2.10 bits per heavy atom. The molecule has 2 aromatic carbocycles. The lowest BCUT2D eigenvalue weighted by Gasteiger charge is -2.12. The Kier molecular flexibility index (Phi) is 3.21. The van der Waals surface area contributed by atoms with Crippen LogP contribution in [0.3, 0.4) is 0 Å². The lowest BCUT2D eigenvalue weighted by atomic mass is 10.1. The highest BCUT2D eigenvalue weighted by molar-refractivity contribution is 6.07. The molecule has 0 fully saturated rings. The lowest BCUT2D eigenvalue weighted by Crippen LogP contribution is -2.08. The number of para-hydroxylation sites is 2. The van der Waals surface area contributed by atoms with Gasteiger partial charge in [0.05, 0.1) is 23.1 Å². The molecule has 0 spiro atoms. The second-order valence-electron chi connectivity index (χ2n) is 4.59. The van der Waals surface area contributed by atoms with Crippen molar-refractivity contribution in [2.75, 3.05) is 11.9 Å². The molecule has 2 N–H and O–H groups in total. The van der Waals surface area contributed by atoms with Crippen LogP contribution in [0.5, 0.6) is 0 Å². The van der Waals surface area contributed by atoms with Gasteiger partial charge in [0.1, 0.15) is 0 Å². The molecule has 100 valence electrons. The van der Waals surface area contributed by atoms with E-state index in [-0.39, 0.29) is 6.42 Å². The molecule has 0 amide bonds. The van der Waals surface area contributed by atoms with E-state index in [4.69, 9.17) is 5.11 Å². The third-order valence-corrected chi connectivity index (χ3v) is 3.23. The molecule has 3 aromatic rings. The second kappa shape index (κ2) is 5.17. The van der Waals surface area contributed by atoms with E-state index in [0.717, 1.165) is 27.5 Å². The van der Waals surface area contributed by atoms with Gasteiger partial charge in [0.2, 0.25) is 0 Å². The minimum absolute atomic E-state index is 0.0883. The fourth-order valence-electron chi connectivity index (χ4n) is 2.32. The topological polar surface area (TPSA) is 62.2 Å². The molecular weight excluding hydrogens is 252 g/mol. The Labute approximate surface area is 116 Å². The quantitative estimate of drug-likeness (QED) is 0.711. The van der Waals surface area contributed by atoms with Crippen molar-refractivity contribution in [2.24, 2.45) is 0 Å². The molecule has 0 saturated heterocycles. The molecule has 20 heavy (non-hydrogen) atoms. The number of nitrogens with zero attached hydrogens (tertiary/aromatic N) is 1. The summed E-state index contributed by atoms with van der Waals surface area (Å²) in [5, 5.41) is 14.0. The number of benzene rings is 2. The fourth-order valence-corrected chi connectivity index (χ4v) is 2.32. The van der Waals surface area contributed by atoms with Crippen molar-refractivity contribution in [2.45, 2.75) is 6.42 Å². The van der Waals surface area contributed by atoms with Crippen LogP contribution in [0.2, 0.25) is 0 Å². The highest BCUT2D eigenvalue weighted by atomic mass is 16.4. The maximum atomic E-state index is 10.7. The van der Waals surface area contributed by atoms with Crippen LogP contribution in [0.4, 0.5) is 5.69 Å². The normalized spacial score (nSPS) is 10.8. The van der Waals surface area contributed by atoms with Crippen LogP contribution < -0.4 is 5.32 Å². The van der Waals surface area contributed by atoms with E-state index in [1.165, 1.54) is 0 Å². The molecule has 0 atom stereocenters. The van der Waals surface area contributed by atoms with E-state index in [1.54, 1.807) is 0 Å². The van der Waals surface area contributed by atoms with Crippen LogP contribution in [0.15, 0.2) is 48.5 Å². The summed E-state index contributed by atoms with van der Waals surface area (Å²) in [5.41, 5.74) is 2.76. The van der Waals surface area contributed by atoms with E-state index in [2.05, 4.69) is 10.3 Å². The van der Waals surface area contributed by atoms with Gasteiger partial charge in [-0.05, 0) is 12.1 Å². The molecular formula is C16H14N2O2. The molecule has 0 aliphatic carbocycles. The predicted octanol–water partition coefficient (Wildman–Crippen LogP) is 3.27. The van der Waals surface area contributed by atoms with E-state index in [0.29, 0.717) is 6.54 Å². The summed E-state index contributed by atoms with van der Waals surface area (Å²) in [4.78, 5) is 15.3. The minimum atomic E-state index is -0.805. The number of pyridine rings is 1. The third-order valence-electron chi connectivity index (χ3n) is 3.23. The van der Waals surface area contributed by atoms with Gasteiger partial charge in [-0.15, -0.1) is 0 Å². The highest BCUT2D eigenvalue weighted by Crippen LogP contribution is 2.30. The summed E-state index contributed by atoms with van der Waals surface area (Å²) in [7, 11) is 0. The van der Waals surface area contributed by atoms with Crippen LogP contribution in [0.1, 0.15) is 6.42 Å². The monoisotopic (exact) mass is 266 g/mol. The summed E-state index contributed by atoms with van der Waals surface area (Å²) in [6.45, 7) is 0.396. The fraction of sp³-hybridized carbons (Fsp3) is 0.125. The molecule has 0 bridgehead atoms. The summed E-state index contributed by atoms with van der Waals surface area (Å²) < 4.78 is 0. The summed E-state index contributed by atoms with van der Waals surface area (Å²) in [6, 6.07) is 15.7. The number of fused-ring (bicyclic) bond motifs is 2. The predicted molar refractivity (Wildman–Crippen MR) is 80.0 cm³/mol. The first-order valence-electron chi connectivity index (χ1n) is 6.49. The van der Waals surface area contributed by atoms with Gasteiger partial charge >= 0.3 is 5.97 Å². The first-order valence-corrected chi connectivity index (χ1v) is 6.49. The van der Waals surface area contributed by atoms with Crippen molar-refractivity contribution in [3.63, 3.8) is 0 Å². The van der Waals surface area contributed by atoms with Gasteiger partial charge in [-0.2, -0.15) is 0 Å². The number of carboxylic acid groups (broad SMARTS) is 1. The smallest absolute Gasteiger partial charge is 0.305 e. The number of nitrogens with one attached hydrogen (secondary N) is 1. The molecule has 3 rings (SSSR count). The Balaban J connectivity index is 2.15. The number of carbonyl (C=O) groups is 1. The van der Waals surface area contributed by atoms with Gasteiger partial charge in [0.15, 0.2) is 0 Å². The van der Waals surface area contributed by atoms with Crippen LogP contribution in [-0.2, 0) is 4.79 Å². The number of anilines is 1. The standard InChI is InChI=1S/C16H14N2O2/c19-15(20)9-10-17-16-11-5-1-3-7-13(11)18-14-8-4-2-6-12(14)16/h1-8H,9-10H2,(H,17,18)(H,19,20). The second-order valence-corrected chi connectivity index (χ2v) is 4.59. The number of rotatable bonds is 4. The van der Waals surface area contributed by atoms with Crippen LogP contribution in [0.25, 0.3) is 21.8 Å². The SMILES string of the molecule is O=C(O)CCNc1c2ccccc2nc2ccccc12. The van der Waals surface area contributed by atoms with E-state index in [1.807, 2.05) is 48.5 Å². The Morgan fingerprint density at radius 2 is 1.55 bits per heavy atom. The Morgan fingerprint density at radius 1 is 1.00 bits per heavy atom. The minimum Gasteiger partial charge on any atom is -0.481 e. The van der Waals surface area contributed by atoms with Crippen molar-refractivity contribution < 1.29 is 9.90 Å². The van der Waals surface area contributed by atoms with Gasteiger partial charge in [-0.3, -0.25) is 4.79 Å². The maximum Gasteiger partial charge on any atom is 0.305 e. The van der Waals surface area contributed by atoms with Crippen molar-refractivity contribution in [1.29, 1.82) is 0 Å². The first-order chi connectivity index (χ1) is 9.75. The zero-order valence-electron chi connectivity index (χ0n) is 10.8. The number of hydrogen-bond acceptors (Lipinski definition) is 3. The van der Waals surface area contributed by atoms with Crippen LogP contribution >= 0.6 is 0 Å². The molecule has 4 heteroatoms. The van der Waals surface area contributed by atoms with E-state index >= 15 is 0 Å². The van der Waals surface area contributed by atoms with Gasteiger partial charge in [0, 0.05) is 17.3 Å². The molecule has 0 aliphatic heterocycles. The zero-order chi connectivity index (χ0) is 13.9. The average Bonchev–Trinajstić information content (AvgIpc) is 2.46. The molecule has 0 unspecified atom stereocenters. The Hall–Kier alpha value is -2.62. The number of aliphatic carboxylic acids is 1. The zero-order valence-corrected chi connectivity index (χ0v) is 10.8. The van der Waals surface area contributed by atoms with Crippen molar-refractivity contribution in [3.8, 4) is 0 Å². The van der Waals surface area contributed by atoms with Gasteiger partial charge in [0.25, 0.3) is 0 Å². The molecule has 4 nitrogen and oxygen atoms in total. The van der Waals surface area contributed by atoms with E-state index < -0.39 is 5.97 Å². The van der Waals surface area contributed by atoms with Crippen LogP contribution in [0, 0.1) is 0 Å².